The van der Waals surface area contributed by atoms with E-state index in [1.807, 2.05) is 13.8 Å². The molecule has 0 bridgehead atoms. The van der Waals surface area contributed by atoms with Crippen LogP contribution in [-0.2, 0) is 14.8 Å². The predicted molar refractivity (Wildman–Crippen MR) is 122 cm³/mol. The Kier molecular flexibility index (Phi) is 11.7. The molecular formula is C22H37N3O4S. The Morgan fingerprint density at radius 2 is 1.63 bits per heavy atom. The summed E-state index contributed by atoms with van der Waals surface area (Å²) in [5.41, 5.74) is 1.09. The van der Waals surface area contributed by atoms with Crippen molar-refractivity contribution in [1.82, 2.24) is 10.0 Å². The first kappa shape index (κ1) is 26.1. The van der Waals surface area contributed by atoms with Crippen molar-refractivity contribution in [3.63, 3.8) is 0 Å². The van der Waals surface area contributed by atoms with E-state index in [0.29, 0.717) is 24.1 Å². The maximum absolute atomic E-state index is 12.2. The van der Waals surface area contributed by atoms with Gasteiger partial charge in [0.25, 0.3) is 5.91 Å². The van der Waals surface area contributed by atoms with Crippen LogP contribution in [0.5, 0.6) is 0 Å². The van der Waals surface area contributed by atoms with E-state index in [4.69, 9.17) is 0 Å². The Bertz CT molecular complexity index is 761. The van der Waals surface area contributed by atoms with Crippen molar-refractivity contribution in [1.29, 1.82) is 0 Å². The average molecular weight is 440 g/mol. The zero-order chi connectivity index (χ0) is 22.6. The van der Waals surface area contributed by atoms with E-state index in [0.717, 1.165) is 25.7 Å². The third-order valence-electron chi connectivity index (χ3n) is 4.73. The number of amides is 2. The van der Waals surface area contributed by atoms with E-state index >= 15 is 0 Å². The summed E-state index contributed by atoms with van der Waals surface area (Å²) in [5.74, 6) is -0.0764. The molecule has 2 amide bonds. The van der Waals surface area contributed by atoms with E-state index in [1.54, 1.807) is 31.2 Å². The highest BCUT2D eigenvalue weighted by molar-refractivity contribution is 7.90. The minimum Gasteiger partial charge on any atom is -0.351 e. The molecule has 170 valence electrons. The Hall–Kier alpha value is -1.93. The van der Waals surface area contributed by atoms with Crippen LogP contribution in [0.4, 0.5) is 5.69 Å². The van der Waals surface area contributed by atoms with Gasteiger partial charge < -0.3 is 10.6 Å². The van der Waals surface area contributed by atoms with E-state index in [9.17, 15) is 18.0 Å². The monoisotopic (exact) mass is 439 g/mol. The maximum Gasteiger partial charge on any atom is 0.251 e. The van der Waals surface area contributed by atoms with E-state index in [-0.39, 0.29) is 30.8 Å². The lowest BCUT2D eigenvalue weighted by Gasteiger charge is -2.14. The van der Waals surface area contributed by atoms with E-state index < -0.39 is 15.3 Å². The highest BCUT2D eigenvalue weighted by Crippen LogP contribution is 2.12. The van der Waals surface area contributed by atoms with Crippen LogP contribution in [0.3, 0.4) is 0 Å². The number of hydrogen-bond acceptors (Lipinski definition) is 4. The number of carbonyl (C=O) groups is 2. The average Bonchev–Trinajstić information content (AvgIpc) is 2.68. The van der Waals surface area contributed by atoms with Crippen LogP contribution in [0.25, 0.3) is 0 Å². The van der Waals surface area contributed by atoms with Crippen LogP contribution >= 0.6 is 0 Å². The highest BCUT2D eigenvalue weighted by atomic mass is 32.2. The number of unbranched alkanes of at least 4 members (excludes halogenated alkanes) is 3. The quantitative estimate of drug-likeness (QED) is 0.385. The van der Waals surface area contributed by atoms with Crippen LogP contribution in [0.1, 0.15) is 76.6 Å². The van der Waals surface area contributed by atoms with Gasteiger partial charge >= 0.3 is 0 Å². The third-order valence-corrected chi connectivity index (χ3v) is 6.63. The van der Waals surface area contributed by atoms with Crippen molar-refractivity contribution in [2.45, 2.75) is 71.5 Å². The van der Waals surface area contributed by atoms with Gasteiger partial charge in [-0.1, -0.05) is 46.5 Å². The van der Waals surface area contributed by atoms with Crippen LogP contribution in [0.2, 0.25) is 0 Å². The first-order valence-corrected chi connectivity index (χ1v) is 12.4. The van der Waals surface area contributed by atoms with Crippen molar-refractivity contribution in [2.75, 3.05) is 18.4 Å². The van der Waals surface area contributed by atoms with Crippen molar-refractivity contribution >= 4 is 27.5 Å². The van der Waals surface area contributed by atoms with Crippen LogP contribution in [-0.4, -0.2) is 38.6 Å². The summed E-state index contributed by atoms with van der Waals surface area (Å²) in [5, 5.41) is 5.06. The maximum atomic E-state index is 12.2. The number of hydrogen-bond donors (Lipinski definition) is 3. The molecule has 3 N–H and O–H groups in total. The number of rotatable bonds is 14. The molecular weight excluding hydrogens is 402 g/mol. The fourth-order valence-electron chi connectivity index (χ4n) is 2.92. The number of anilines is 1. The fourth-order valence-corrected chi connectivity index (χ4v) is 4.06. The molecule has 0 saturated heterocycles. The van der Waals surface area contributed by atoms with Gasteiger partial charge in [-0.15, -0.1) is 0 Å². The van der Waals surface area contributed by atoms with Gasteiger partial charge in [0, 0.05) is 30.8 Å². The lowest BCUT2D eigenvalue weighted by Crippen LogP contribution is -2.38. The van der Waals surface area contributed by atoms with Gasteiger partial charge in [-0.25, -0.2) is 13.1 Å². The number of carbonyl (C=O) groups excluding carboxylic acids is 2. The smallest absolute Gasteiger partial charge is 0.251 e. The summed E-state index contributed by atoms with van der Waals surface area (Å²) >= 11 is 0. The van der Waals surface area contributed by atoms with Crippen molar-refractivity contribution in [3.05, 3.63) is 29.8 Å². The van der Waals surface area contributed by atoms with E-state index in [2.05, 4.69) is 22.3 Å². The molecule has 0 aliphatic carbocycles. The van der Waals surface area contributed by atoms with Crippen LogP contribution in [0.15, 0.2) is 24.3 Å². The summed E-state index contributed by atoms with van der Waals surface area (Å²) in [6.07, 6.45) is 5.27. The van der Waals surface area contributed by atoms with Gasteiger partial charge in [-0.3, -0.25) is 9.59 Å². The van der Waals surface area contributed by atoms with Gasteiger partial charge in [-0.2, -0.15) is 0 Å². The molecule has 7 nitrogen and oxygen atoms in total. The normalized spacial score (nSPS) is 12.6. The van der Waals surface area contributed by atoms with Crippen molar-refractivity contribution in [3.8, 4) is 0 Å². The largest absolute Gasteiger partial charge is 0.351 e. The molecule has 0 spiro atoms. The van der Waals surface area contributed by atoms with Gasteiger partial charge in [0.2, 0.25) is 15.9 Å². The number of nitrogens with one attached hydrogen (secondary N) is 3. The second kappa shape index (κ2) is 13.4. The minimum atomic E-state index is -3.38. The Labute approximate surface area is 181 Å². The molecule has 1 atom stereocenters. The third kappa shape index (κ3) is 10.2. The molecule has 0 saturated carbocycles. The molecule has 0 aromatic heterocycles. The molecule has 1 rings (SSSR count). The van der Waals surface area contributed by atoms with Crippen LogP contribution < -0.4 is 15.4 Å². The molecule has 0 heterocycles. The minimum absolute atomic E-state index is 0.0610. The first-order chi connectivity index (χ1) is 14.2. The molecule has 0 aliphatic heterocycles. The fraction of sp³-hybridized carbons (Fsp3) is 0.636. The number of sulfonamides is 1. The molecule has 30 heavy (non-hydrogen) atoms. The summed E-state index contributed by atoms with van der Waals surface area (Å²) in [6, 6.07) is 6.61. The molecule has 8 heteroatoms. The van der Waals surface area contributed by atoms with Crippen molar-refractivity contribution < 1.29 is 18.0 Å². The molecule has 1 unspecified atom stereocenters. The second-order valence-electron chi connectivity index (χ2n) is 8.08. The molecule has 0 aliphatic rings. The Balaban J connectivity index is 2.37. The summed E-state index contributed by atoms with van der Waals surface area (Å²) in [4.78, 5) is 24.0. The SMILES string of the molecule is CCCCCCC(C)S(=O)(=O)NCCNC(=O)c1ccc(NC(=O)CC(C)C)cc1. The molecule has 1 aromatic rings. The van der Waals surface area contributed by atoms with Gasteiger partial charge in [-0.05, 0) is 43.5 Å². The Morgan fingerprint density at radius 3 is 2.23 bits per heavy atom. The lowest BCUT2D eigenvalue weighted by molar-refractivity contribution is -0.116. The van der Waals surface area contributed by atoms with Crippen molar-refractivity contribution in [2.24, 2.45) is 5.92 Å². The van der Waals surface area contributed by atoms with Gasteiger partial charge in [0.05, 0.1) is 5.25 Å². The zero-order valence-corrected chi connectivity index (χ0v) is 19.5. The summed E-state index contributed by atoms with van der Waals surface area (Å²) < 4.78 is 27.0. The highest BCUT2D eigenvalue weighted by Gasteiger charge is 2.19. The molecule has 0 radical (unpaired) electrons. The lowest BCUT2D eigenvalue weighted by atomic mass is 10.1. The molecule has 0 fully saturated rings. The topological polar surface area (TPSA) is 104 Å². The first-order valence-electron chi connectivity index (χ1n) is 10.8. The zero-order valence-electron chi connectivity index (χ0n) is 18.7. The van der Waals surface area contributed by atoms with Gasteiger partial charge in [0.1, 0.15) is 0 Å². The predicted octanol–water partition coefficient (Wildman–Crippen LogP) is 3.68. The van der Waals surface area contributed by atoms with Crippen LogP contribution in [0, 0.1) is 5.92 Å². The number of benzene rings is 1. The second-order valence-corrected chi connectivity index (χ2v) is 10.3. The van der Waals surface area contributed by atoms with E-state index in [1.165, 1.54) is 0 Å². The summed E-state index contributed by atoms with van der Waals surface area (Å²) in [6.45, 7) is 8.14. The summed E-state index contributed by atoms with van der Waals surface area (Å²) in [7, 11) is -3.38. The molecule has 1 aromatic carbocycles. The van der Waals surface area contributed by atoms with Gasteiger partial charge in [0.15, 0.2) is 0 Å². The Morgan fingerprint density at radius 1 is 0.967 bits per heavy atom. The standard InChI is InChI=1S/C22H37N3O4S/c1-5-6-7-8-9-18(4)30(28,29)24-15-14-23-22(27)19-10-12-20(13-11-19)25-21(26)16-17(2)3/h10-13,17-18,24H,5-9,14-16H2,1-4H3,(H,23,27)(H,25,26).